The van der Waals surface area contributed by atoms with E-state index in [4.69, 9.17) is 14.2 Å². The lowest BCUT2D eigenvalue weighted by Gasteiger charge is -2.30. The molecular weight excluding hydrogens is 857 g/mol. The number of phenols is 3. The van der Waals surface area contributed by atoms with Gasteiger partial charge in [0.25, 0.3) is 23.6 Å². The number of methoxy groups -OCH3 is 2. The molecule has 0 spiro atoms. The van der Waals surface area contributed by atoms with Crippen LogP contribution < -0.4 is 36.1 Å². The molecule has 66 heavy (non-hydrogen) atoms. The number of hydrogen-bond donors (Lipinski definition) is 9. The number of nitrogens with one attached hydrogen (secondary N) is 5. The molecule has 19 nitrogen and oxygen atoms in total. The number of carbonyl (C=O) groups excluding carboxylic acids is 5. The van der Waals surface area contributed by atoms with Gasteiger partial charge in [0, 0.05) is 47.7 Å². The third-order valence-electron chi connectivity index (χ3n) is 10.3. The number of rotatable bonds is 16. The number of ether oxygens (including phenoxy) is 3. The zero-order chi connectivity index (χ0) is 47.5. The van der Waals surface area contributed by atoms with Crippen molar-refractivity contribution >= 4 is 64.3 Å². The van der Waals surface area contributed by atoms with E-state index in [1.807, 2.05) is 4.90 Å². The monoisotopic (exact) mass is 902 g/mol. The Kier molecular flexibility index (Phi) is 15.2. The molecule has 1 aliphatic heterocycles. The summed E-state index contributed by atoms with van der Waals surface area (Å²) in [6.07, 6.45) is 1.67. The molecule has 1 atom stereocenters. The summed E-state index contributed by atoms with van der Waals surface area (Å²) in [7, 11) is 2.38. The minimum Gasteiger partial charge on any atom is -0.508 e. The second kappa shape index (κ2) is 21.3. The maximum atomic E-state index is 13.7. The van der Waals surface area contributed by atoms with Gasteiger partial charge in [0.15, 0.2) is 23.0 Å². The Morgan fingerprint density at radius 3 is 1.73 bits per heavy atom. The van der Waals surface area contributed by atoms with Crippen molar-refractivity contribution < 1.29 is 63.4 Å². The van der Waals surface area contributed by atoms with Gasteiger partial charge in [-0.15, -0.1) is 0 Å². The summed E-state index contributed by atoms with van der Waals surface area (Å²) < 4.78 is 15.9. The molecule has 9 N–H and O–H groups in total. The molecule has 5 aromatic carbocycles. The van der Waals surface area contributed by atoms with Crippen molar-refractivity contribution in [3.05, 3.63) is 130 Å². The van der Waals surface area contributed by atoms with E-state index in [1.54, 1.807) is 37.3 Å². The first-order chi connectivity index (χ1) is 31.6. The van der Waals surface area contributed by atoms with Crippen LogP contribution in [0.25, 0.3) is 6.08 Å². The Bertz CT molecular complexity index is 2660. The Labute approximate surface area is 377 Å². The highest BCUT2D eigenvalue weighted by Gasteiger charge is 2.27. The summed E-state index contributed by atoms with van der Waals surface area (Å²) in [5, 5.41) is 53.6. The van der Waals surface area contributed by atoms with Crippen LogP contribution in [-0.2, 0) is 14.3 Å². The number of hydrogen-bond acceptors (Lipinski definition) is 13. The second-order valence-electron chi connectivity index (χ2n) is 14.8. The third kappa shape index (κ3) is 11.6. The van der Waals surface area contributed by atoms with Crippen LogP contribution in [0.4, 0.5) is 22.7 Å². The SMILES string of the molecule is COc1c(NC(=O)c2ccc(NC(=O)c3ccc(NC(=O)[C@H](CN4CCOCC4)NC(=O)c4ccc(NC(=O)/C(C)=C/c5ccc(O)cc5)cc4)cc3)c(OC)c2O)ccc(C(=O)O)c1O. The topological polar surface area (TPSA) is 274 Å². The molecule has 0 bridgehead atoms. The molecular formula is C47H46N6O13. The van der Waals surface area contributed by atoms with E-state index in [-0.39, 0.29) is 57.8 Å². The number of benzene rings is 5. The molecule has 0 radical (unpaired) electrons. The lowest BCUT2D eigenvalue weighted by atomic mass is 10.1. The first kappa shape index (κ1) is 47.1. The third-order valence-corrected chi connectivity index (χ3v) is 10.3. The van der Waals surface area contributed by atoms with Crippen molar-refractivity contribution in [1.82, 2.24) is 10.2 Å². The molecule has 0 aromatic heterocycles. The number of phenolic OH excluding ortho intramolecular Hbond substituents is 2. The lowest BCUT2D eigenvalue weighted by Crippen LogP contribution is -2.52. The van der Waals surface area contributed by atoms with Crippen LogP contribution in [0.3, 0.4) is 0 Å². The normalized spacial score (nSPS) is 13.1. The molecule has 1 aliphatic rings. The van der Waals surface area contributed by atoms with E-state index < -0.39 is 52.7 Å². The molecule has 1 saturated heterocycles. The fourth-order valence-electron chi connectivity index (χ4n) is 6.73. The summed E-state index contributed by atoms with van der Waals surface area (Å²) in [4.78, 5) is 79.9. The zero-order valence-electron chi connectivity index (χ0n) is 35.8. The smallest absolute Gasteiger partial charge is 0.339 e. The number of carboxylic acids is 1. The van der Waals surface area contributed by atoms with Gasteiger partial charge in [0.1, 0.15) is 17.4 Å². The quantitative estimate of drug-likeness (QED) is 0.0581. The number of amides is 5. The molecule has 1 fully saturated rings. The fraction of sp³-hybridized carbons (Fsp3) is 0.191. The number of aromatic hydroxyl groups is 3. The van der Waals surface area contributed by atoms with Gasteiger partial charge in [0.2, 0.25) is 5.91 Å². The largest absolute Gasteiger partial charge is 0.508 e. The standard InChI is InChI=1S/C47H46N6O13/c1-26(24-27-4-14-32(54)15-5-27)42(57)48-30-10-6-29(7-11-30)44(59)52-37(25-53-20-22-66-23-21-53)46(61)49-31-12-8-28(9-13-31)43(58)50-35-18-16-33(38(55)40(35)64-2)45(60)51-36-19-17-34(47(62)63)39(56)41(36)65-3/h4-19,24,37,54-56H,20-23,25H2,1-3H3,(H,48,57)(H,49,61)(H,50,58)(H,51,60)(H,52,59)(H,62,63)/b26-24+/t37-/m0/s1. The van der Waals surface area contributed by atoms with Gasteiger partial charge in [-0.2, -0.15) is 0 Å². The lowest BCUT2D eigenvalue weighted by molar-refractivity contribution is -0.118. The highest BCUT2D eigenvalue weighted by Crippen LogP contribution is 2.40. The Morgan fingerprint density at radius 1 is 0.652 bits per heavy atom. The van der Waals surface area contributed by atoms with E-state index in [9.17, 15) is 49.2 Å². The molecule has 6 rings (SSSR count). The van der Waals surface area contributed by atoms with Gasteiger partial charge in [-0.1, -0.05) is 12.1 Å². The fourth-order valence-corrected chi connectivity index (χ4v) is 6.73. The van der Waals surface area contributed by atoms with Crippen molar-refractivity contribution in [3.63, 3.8) is 0 Å². The number of aromatic carboxylic acids is 1. The van der Waals surface area contributed by atoms with Gasteiger partial charge in [-0.25, -0.2) is 4.79 Å². The molecule has 0 aliphatic carbocycles. The minimum atomic E-state index is -1.42. The number of carboxylic acid groups (broad SMARTS) is 1. The molecule has 342 valence electrons. The molecule has 19 heteroatoms. The predicted octanol–water partition coefficient (Wildman–Crippen LogP) is 5.13. The molecule has 1 heterocycles. The molecule has 0 unspecified atom stereocenters. The molecule has 5 amide bonds. The number of anilines is 4. The number of morpholine rings is 1. The maximum absolute atomic E-state index is 13.7. The average molecular weight is 903 g/mol. The van der Waals surface area contributed by atoms with Crippen LogP contribution in [0, 0.1) is 0 Å². The van der Waals surface area contributed by atoms with Crippen LogP contribution in [-0.4, -0.2) is 114 Å². The summed E-state index contributed by atoms with van der Waals surface area (Å²) >= 11 is 0. The van der Waals surface area contributed by atoms with Gasteiger partial charge >= 0.3 is 5.97 Å². The Hall–Kier alpha value is -8.42. The van der Waals surface area contributed by atoms with Crippen molar-refractivity contribution in [2.24, 2.45) is 0 Å². The Balaban J connectivity index is 1.09. The first-order valence-electron chi connectivity index (χ1n) is 20.2. The maximum Gasteiger partial charge on any atom is 0.339 e. The number of nitrogens with zero attached hydrogens (tertiary/aromatic N) is 1. The van der Waals surface area contributed by atoms with E-state index in [2.05, 4.69) is 26.6 Å². The van der Waals surface area contributed by atoms with E-state index in [1.165, 1.54) is 80.9 Å². The van der Waals surface area contributed by atoms with Crippen LogP contribution in [0.2, 0.25) is 0 Å². The minimum absolute atomic E-state index is 0.00489. The van der Waals surface area contributed by atoms with Crippen LogP contribution in [0.15, 0.2) is 103 Å². The Morgan fingerprint density at radius 2 is 1.17 bits per heavy atom. The van der Waals surface area contributed by atoms with E-state index in [0.29, 0.717) is 43.3 Å². The number of carbonyl (C=O) groups is 6. The average Bonchev–Trinajstić information content (AvgIpc) is 3.30. The van der Waals surface area contributed by atoms with Gasteiger partial charge in [0.05, 0.1) is 44.4 Å². The van der Waals surface area contributed by atoms with Crippen molar-refractivity contribution in [2.75, 3.05) is 68.3 Å². The van der Waals surface area contributed by atoms with Crippen molar-refractivity contribution in [1.29, 1.82) is 0 Å². The highest BCUT2D eigenvalue weighted by molar-refractivity contribution is 6.11. The van der Waals surface area contributed by atoms with E-state index in [0.717, 1.165) is 11.6 Å². The van der Waals surface area contributed by atoms with Gasteiger partial charge < -0.3 is 61.2 Å². The molecule has 0 saturated carbocycles. The van der Waals surface area contributed by atoms with Crippen molar-refractivity contribution in [2.45, 2.75) is 13.0 Å². The second-order valence-corrected chi connectivity index (χ2v) is 14.8. The summed E-state index contributed by atoms with van der Waals surface area (Å²) in [6.45, 7) is 3.83. The predicted molar refractivity (Wildman–Crippen MR) is 243 cm³/mol. The highest BCUT2D eigenvalue weighted by atomic mass is 16.5. The summed E-state index contributed by atoms with van der Waals surface area (Å²) in [6, 6.07) is 22.2. The summed E-state index contributed by atoms with van der Waals surface area (Å²) in [5.74, 6) is -6.15. The van der Waals surface area contributed by atoms with E-state index >= 15 is 0 Å². The van der Waals surface area contributed by atoms with Crippen LogP contribution in [0.1, 0.15) is 53.9 Å². The first-order valence-corrected chi connectivity index (χ1v) is 20.2. The molecule has 5 aromatic rings. The van der Waals surface area contributed by atoms with Gasteiger partial charge in [-0.3, -0.25) is 28.9 Å². The van der Waals surface area contributed by atoms with Crippen LogP contribution in [0.5, 0.6) is 28.7 Å². The van der Waals surface area contributed by atoms with Crippen LogP contribution >= 0.6 is 0 Å². The van der Waals surface area contributed by atoms with Crippen molar-refractivity contribution in [3.8, 4) is 28.7 Å². The zero-order valence-corrected chi connectivity index (χ0v) is 35.8. The summed E-state index contributed by atoms with van der Waals surface area (Å²) in [5.41, 5.74) is 1.48. The van der Waals surface area contributed by atoms with Gasteiger partial charge in [-0.05, 0) is 103 Å².